The Kier molecular flexibility index (Phi) is 7.57. The summed E-state index contributed by atoms with van der Waals surface area (Å²) in [7, 11) is 0. The Hall–Kier alpha value is -1.02. The quantitative estimate of drug-likeness (QED) is 0.668. The van der Waals surface area contributed by atoms with Crippen LogP contribution in [0.1, 0.15) is 58.4 Å². The first kappa shape index (κ1) is 16.0. The first-order valence-corrected chi connectivity index (χ1v) is 7.64. The van der Waals surface area contributed by atoms with Crippen molar-refractivity contribution in [3.63, 3.8) is 0 Å². The molecule has 1 aromatic carbocycles. The Labute approximate surface area is 118 Å². The molecule has 0 heterocycles. The van der Waals surface area contributed by atoms with Gasteiger partial charge < -0.3 is 10.1 Å². The summed E-state index contributed by atoms with van der Waals surface area (Å²) in [6.45, 7) is 10.6. The molecule has 0 saturated heterocycles. The van der Waals surface area contributed by atoms with Crippen molar-refractivity contribution in [2.75, 3.05) is 13.2 Å². The van der Waals surface area contributed by atoms with Crippen molar-refractivity contribution in [1.29, 1.82) is 0 Å². The predicted molar refractivity (Wildman–Crippen MR) is 83.0 cm³/mol. The molecule has 0 bridgehead atoms. The fourth-order valence-electron chi connectivity index (χ4n) is 2.24. The molecule has 0 aromatic heterocycles. The zero-order valence-corrected chi connectivity index (χ0v) is 12.9. The molecule has 1 aromatic rings. The fraction of sp³-hybridized carbons (Fsp3) is 0.647. The molecule has 0 amide bonds. The van der Waals surface area contributed by atoms with Crippen molar-refractivity contribution in [3.05, 3.63) is 29.8 Å². The summed E-state index contributed by atoms with van der Waals surface area (Å²) in [5, 5.41) is 3.49. The second kappa shape index (κ2) is 8.98. The minimum absolute atomic E-state index is 0.558. The number of hydrogen-bond acceptors (Lipinski definition) is 2. The van der Waals surface area contributed by atoms with Crippen LogP contribution in [0.15, 0.2) is 24.3 Å². The van der Waals surface area contributed by atoms with Crippen LogP contribution in [0.25, 0.3) is 0 Å². The summed E-state index contributed by atoms with van der Waals surface area (Å²) in [6.07, 6.45) is 3.60. The summed E-state index contributed by atoms with van der Waals surface area (Å²) >= 11 is 0. The van der Waals surface area contributed by atoms with Gasteiger partial charge in [-0.1, -0.05) is 45.4 Å². The van der Waals surface area contributed by atoms with E-state index in [0.717, 1.165) is 25.3 Å². The highest BCUT2D eigenvalue weighted by molar-refractivity contribution is 5.35. The Balaban J connectivity index is 2.41. The fourth-order valence-corrected chi connectivity index (χ4v) is 2.24. The van der Waals surface area contributed by atoms with Crippen LogP contribution in [-0.4, -0.2) is 19.2 Å². The monoisotopic (exact) mass is 263 g/mol. The average Bonchev–Trinajstić information content (AvgIpc) is 2.43. The van der Waals surface area contributed by atoms with Gasteiger partial charge in [0, 0.05) is 12.6 Å². The highest BCUT2D eigenvalue weighted by atomic mass is 16.5. The highest BCUT2D eigenvalue weighted by Gasteiger charge is 2.09. The van der Waals surface area contributed by atoms with Gasteiger partial charge in [0.1, 0.15) is 12.4 Å². The minimum atomic E-state index is 0.558. The van der Waals surface area contributed by atoms with Gasteiger partial charge in [0.05, 0.1) is 0 Å². The lowest BCUT2D eigenvalue weighted by Gasteiger charge is -2.17. The molecule has 2 heteroatoms. The molecule has 0 fully saturated rings. The van der Waals surface area contributed by atoms with Crippen LogP contribution in [0.5, 0.6) is 5.75 Å². The van der Waals surface area contributed by atoms with Crippen LogP contribution >= 0.6 is 0 Å². The molecule has 0 aliphatic heterocycles. The second-order valence-corrected chi connectivity index (χ2v) is 5.34. The predicted octanol–water partition coefficient (Wildman–Crippen LogP) is 4.36. The normalized spacial score (nSPS) is 14.1. The first-order chi connectivity index (χ1) is 9.19. The summed E-state index contributed by atoms with van der Waals surface area (Å²) in [5.74, 6) is 1.60. The number of para-hydroxylation sites is 1. The van der Waals surface area contributed by atoms with E-state index in [0.29, 0.717) is 12.0 Å². The third-order valence-electron chi connectivity index (χ3n) is 3.64. The maximum absolute atomic E-state index is 5.93. The van der Waals surface area contributed by atoms with E-state index >= 15 is 0 Å². The number of benzene rings is 1. The van der Waals surface area contributed by atoms with Gasteiger partial charge in [-0.2, -0.15) is 0 Å². The third-order valence-corrected chi connectivity index (χ3v) is 3.64. The maximum Gasteiger partial charge on any atom is 0.122 e. The maximum atomic E-state index is 5.93. The smallest absolute Gasteiger partial charge is 0.122 e. The summed E-state index contributed by atoms with van der Waals surface area (Å²) in [4.78, 5) is 0. The van der Waals surface area contributed by atoms with Crippen LogP contribution in [0, 0.1) is 0 Å². The van der Waals surface area contributed by atoms with Gasteiger partial charge in [0.25, 0.3) is 0 Å². The molecular formula is C17H29NO. The van der Waals surface area contributed by atoms with Gasteiger partial charge in [-0.25, -0.2) is 0 Å². The van der Waals surface area contributed by atoms with E-state index in [4.69, 9.17) is 4.74 Å². The van der Waals surface area contributed by atoms with Crippen LogP contribution in [0.3, 0.4) is 0 Å². The first-order valence-electron chi connectivity index (χ1n) is 7.64. The largest absolute Gasteiger partial charge is 0.492 e. The lowest BCUT2D eigenvalue weighted by Crippen LogP contribution is -2.30. The molecule has 19 heavy (non-hydrogen) atoms. The molecular weight excluding hydrogens is 234 g/mol. The van der Waals surface area contributed by atoms with E-state index in [-0.39, 0.29) is 0 Å². The molecule has 1 N–H and O–H groups in total. The van der Waals surface area contributed by atoms with Crippen molar-refractivity contribution < 1.29 is 4.74 Å². The van der Waals surface area contributed by atoms with E-state index in [1.807, 2.05) is 6.07 Å². The van der Waals surface area contributed by atoms with Gasteiger partial charge in [-0.3, -0.25) is 0 Å². The standard InChI is InChI=1S/C17H29NO/c1-5-9-15(4)18-12-13-19-17-11-8-7-10-16(17)14(3)6-2/h7-8,10-11,14-15,18H,5-6,9,12-13H2,1-4H3. The summed E-state index contributed by atoms with van der Waals surface area (Å²) in [5.41, 5.74) is 1.33. The van der Waals surface area contributed by atoms with Crippen molar-refractivity contribution in [2.45, 2.75) is 58.9 Å². The van der Waals surface area contributed by atoms with E-state index < -0.39 is 0 Å². The summed E-state index contributed by atoms with van der Waals surface area (Å²) < 4.78 is 5.93. The van der Waals surface area contributed by atoms with Crippen molar-refractivity contribution in [1.82, 2.24) is 5.32 Å². The SMILES string of the molecule is CCCC(C)NCCOc1ccccc1C(C)CC. The van der Waals surface area contributed by atoms with E-state index in [2.05, 4.69) is 51.2 Å². The molecule has 0 saturated carbocycles. The Bertz CT molecular complexity index is 351. The van der Waals surface area contributed by atoms with Gasteiger partial charge in [0.15, 0.2) is 0 Å². The number of rotatable bonds is 9. The van der Waals surface area contributed by atoms with Crippen LogP contribution in [-0.2, 0) is 0 Å². The molecule has 2 atom stereocenters. The average molecular weight is 263 g/mol. The molecule has 0 radical (unpaired) electrons. The minimum Gasteiger partial charge on any atom is -0.492 e. The lowest BCUT2D eigenvalue weighted by atomic mass is 9.98. The van der Waals surface area contributed by atoms with Gasteiger partial charge >= 0.3 is 0 Å². The molecule has 108 valence electrons. The Morgan fingerprint density at radius 2 is 1.89 bits per heavy atom. The van der Waals surface area contributed by atoms with E-state index in [1.165, 1.54) is 18.4 Å². The van der Waals surface area contributed by atoms with Gasteiger partial charge in [0.2, 0.25) is 0 Å². The van der Waals surface area contributed by atoms with Gasteiger partial charge in [-0.05, 0) is 37.3 Å². The van der Waals surface area contributed by atoms with Gasteiger partial charge in [-0.15, -0.1) is 0 Å². The number of hydrogen-bond donors (Lipinski definition) is 1. The Morgan fingerprint density at radius 3 is 2.58 bits per heavy atom. The van der Waals surface area contributed by atoms with Crippen LogP contribution in [0.4, 0.5) is 0 Å². The highest BCUT2D eigenvalue weighted by Crippen LogP contribution is 2.28. The van der Waals surface area contributed by atoms with Crippen molar-refractivity contribution in [3.8, 4) is 5.75 Å². The topological polar surface area (TPSA) is 21.3 Å². The van der Waals surface area contributed by atoms with Crippen molar-refractivity contribution in [2.24, 2.45) is 0 Å². The molecule has 0 aliphatic rings. The number of nitrogens with one attached hydrogen (secondary N) is 1. The Morgan fingerprint density at radius 1 is 1.16 bits per heavy atom. The second-order valence-electron chi connectivity index (χ2n) is 5.34. The number of ether oxygens (including phenoxy) is 1. The summed E-state index contributed by atoms with van der Waals surface area (Å²) in [6, 6.07) is 8.98. The molecule has 2 unspecified atom stereocenters. The van der Waals surface area contributed by atoms with Crippen LogP contribution < -0.4 is 10.1 Å². The molecule has 0 aliphatic carbocycles. The molecule has 2 nitrogen and oxygen atoms in total. The zero-order valence-electron chi connectivity index (χ0n) is 12.9. The molecule has 0 spiro atoms. The zero-order chi connectivity index (χ0) is 14.1. The third kappa shape index (κ3) is 5.65. The van der Waals surface area contributed by atoms with E-state index in [1.54, 1.807) is 0 Å². The lowest BCUT2D eigenvalue weighted by molar-refractivity contribution is 0.300. The van der Waals surface area contributed by atoms with E-state index in [9.17, 15) is 0 Å². The van der Waals surface area contributed by atoms with Crippen molar-refractivity contribution >= 4 is 0 Å². The van der Waals surface area contributed by atoms with Crippen LogP contribution in [0.2, 0.25) is 0 Å². The molecule has 1 rings (SSSR count).